The average Bonchev–Trinajstić information content (AvgIpc) is 2.61. The maximum Gasteiger partial charge on any atom is 0.244 e. The Morgan fingerprint density at radius 2 is 2.08 bits per heavy atom. The topological polar surface area (TPSA) is 50.3 Å². The van der Waals surface area contributed by atoms with Crippen LogP contribution in [0.3, 0.4) is 0 Å². The molecule has 0 bridgehead atoms. The molecule has 1 aliphatic rings. The van der Waals surface area contributed by atoms with Crippen LogP contribution >= 0.6 is 11.6 Å². The van der Waals surface area contributed by atoms with Crippen LogP contribution in [-0.2, 0) is 16.4 Å². The Balaban J connectivity index is 1.78. The smallest absolute Gasteiger partial charge is 0.244 e. The summed E-state index contributed by atoms with van der Waals surface area (Å²) in [7, 11) is -3.59. The van der Waals surface area contributed by atoms with Crippen molar-refractivity contribution in [3.8, 4) is 0 Å². The third-order valence-corrected chi connectivity index (χ3v) is 7.00. The zero-order valence-corrected chi connectivity index (χ0v) is 16.2. The highest BCUT2D eigenvalue weighted by Gasteiger charge is 2.33. The fraction of sp³-hybridized carbons (Fsp3) is 0.421. The van der Waals surface area contributed by atoms with Crippen molar-refractivity contribution >= 4 is 21.6 Å². The first-order chi connectivity index (χ1) is 12.4. The van der Waals surface area contributed by atoms with Crippen LogP contribution in [0.4, 0.5) is 4.39 Å². The molecular formula is C19H22ClFN2O2S. The molecular weight excluding hydrogens is 375 g/mol. The van der Waals surface area contributed by atoms with Crippen LogP contribution in [0.2, 0.25) is 5.02 Å². The second-order valence-corrected chi connectivity index (χ2v) is 9.00. The number of piperidine rings is 1. The molecule has 1 aliphatic heterocycles. The predicted molar refractivity (Wildman–Crippen MR) is 100 cm³/mol. The van der Waals surface area contributed by atoms with Gasteiger partial charge < -0.3 is 0 Å². The third kappa shape index (κ3) is 4.24. The molecule has 0 amide bonds. The number of aryl methyl sites for hydroxylation is 2. The van der Waals surface area contributed by atoms with Crippen LogP contribution in [0.25, 0.3) is 0 Å². The Morgan fingerprint density at radius 3 is 2.77 bits per heavy atom. The van der Waals surface area contributed by atoms with Gasteiger partial charge in [0.25, 0.3) is 0 Å². The summed E-state index contributed by atoms with van der Waals surface area (Å²) in [6.07, 6.45) is 5.07. The van der Waals surface area contributed by atoms with Crippen LogP contribution in [0.5, 0.6) is 0 Å². The molecule has 0 N–H and O–H groups in total. The van der Waals surface area contributed by atoms with Crippen molar-refractivity contribution in [2.75, 3.05) is 6.54 Å². The molecule has 1 aromatic heterocycles. The summed E-state index contributed by atoms with van der Waals surface area (Å²) in [5.41, 5.74) is 1.34. The fourth-order valence-corrected chi connectivity index (χ4v) is 5.20. The molecule has 0 radical (unpaired) electrons. The minimum Gasteiger partial charge on any atom is -0.260 e. The van der Waals surface area contributed by atoms with E-state index in [9.17, 15) is 12.8 Å². The minimum atomic E-state index is -3.59. The van der Waals surface area contributed by atoms with Gasteiger partial charge in [-0.25, -0.2) is 12.8 Å². The first kappa shape index (κ1) is 19.3. The number of hydrogen-bond donors (Lipinski definition) is 0. The first-order valence-electron chi connectivity index (χ1n) is 8.76. The number of pyridine rings is 1. The van der Waals surface area contributed by atoms with Gasteiger partial charge in [-0.15, -0.1) is 0 Å². The molecule has 1 saturated heterocycles. The number of sulfonamides is 1. The van der Waals surface area contributed by atoms with Gasteiger partial charge in [0.1, 0.15) is 10.7 Å². The van der Waals surface area contributed by atoms with Gasteiger partial charge in [0.05, 0.1) is 0 Å². The molecule has 1 aromatic carbocycles. The van der Waals surface area contributed by atoms with E-state index in [0.29, 0.717) is 30.0 Å². The maximum atomic E-state index is 14.0. The van der Waals surface area contributed by atoms with Gasteiger partial charge in [-0.2, -0.15) is 4.31 Å². The van der Waals surface area contributed by atoms with E-state index in [2.05, 4.69) is 4.98 Å². The lowest BCUT2D eigenvalue weighted by molar-refractivity contribution is 0.240. The summed E-state index contributed by atoms with van der Waals surface area (Å²) in [5, 5.41) is 0.361. The van der Waals surface area contributed by atoms with Crippen LogP contribution < -0.4 is 0 Å². The van der Waals surface area contributed by atoms with Crippen molar-refractivity contribution in [3.63, 3.8) is 0 Å². The number of hydrogen-bond acceptors (Lipinski definition) is 3. The van der Waals surface area contributed by atoms with Crippen molar-refractivity contribution in [1.29, 1.82) is 0 Å². The Labute approximate surface area is 159 Å². The SMILES string of the molecule is Cc1ccc(S(=O)(=O)N2CCCCC2CCc2ccc(Cl)cc2F)cn1. The zero-order valence-electron chi connectivity index (χ0n) is 14.7. The highest BCUT2D eigenvalue weighted by atomic mass is 35.5. The molecule has 0 spiro atoms. The van der Waals surface area contributed by atoms with Crippen LogP contribution in [0, 0.1) is 12.7 Å². The summed E-state index contributed by atoms with van der Waals surface area (Å²) in [6, 6.07) is 7.79. The molecule has 26 heavy (non-hydrogen) atoms. The van der Waals surface area contributed by atoms with Gasteiger partial charge in [-0.3, -0.25) is 4.98 Å². The molecule has 1 atom stereocenters. The third-order valence-electron chi connectivity index (χ3n) is 4.83. The Hall–Kier alpha value is -1.50. The number of rotatable bonds is 5. The predicted octanol–water partition coefficient (Wildman–Crippen LogP) is 4.36. The molecule has 1 fully saturated rings. The average molecular weight is 397 g/mol. The number of benzene rings is 1. The van der Waals surface area contributed by atoms with Gasteiger partial charge in [0.15, 0.2) is 0 Å². The molecule has 3 rings (SSSR count). The number of halogens is 2. The van der Waals surface area contributed by atoms with Crippen LogP contribution in [0.1, 0.15) is 36.9 Å². The van der Waals surface area contributed by atoms with E-state index in [1.807, 2.05) is 6.92 Å². The van der Waals surface area contributed by atoms with Gasteiger partial charge in [0.2, 0.25) is 10.0 Å². The van der Waals surface area contributed by atoms with E-state index in [-0.39, 0.29) is 16.8 Å². The lowest BCUT2D eigenvalue weighted by Gasteiger charge is -2.34. The Morgan fingerprint density at radius 1 is 1.27 bits per heavy atom. The highest BCUT2D eigenvalue weighted by molar-refractivity contribution is 7.89. The Bertz CT molecular complexity index is 872. The van der Waals surface area contributed by atoms with Crippen molar-refractivity contribution < 1.29 is 12.8 Å². The van der Waals surface area contributed by atoms with Crippen LogP contribution in [0.15, 0.2) is 41.4 Å². The maximum absolute atomic E-state index is 14.0. The molecule has 2 heterocycles. The highest BCUT2D eigenvalue weighted by Crippen LogP contribution is 2.28. The van der Waals surface area contributed by atoms with Crippen molar-refractivity contribution in [2.45, 2.75) is 50.0 Å². The van der Waals surface area contributed by atoms with Gasteiger partial charge in [-0.05, 0) is 62.4 Å². The van der Waals surface area contributed by atoms with Crippen molar-refractivity contribution in [3.05, 3.63) is 58.6 Å². The largest absolute Gasteiger partial charge is 0.260 e. The molecule has 0 saturated carbocycles. The molecule has 1 unspecified atom stereocenters. The number of nitrogens with zero attached hydrogens (tertiary/aromatic N) is 2. The van der Waals surface area contributed by atoms with Crippen molar-refractivity contribution in [2.24, 2.45) is 0 Å². The van der Waals surface area contributed by atoms with E-state index in [1.54, 1.807) is 28.6 Å². The van der Waals surface area contributed by atoms with Gasteiger partial charge in [-0.1, -0.05) is 24.1 Å². The molecule has 140 valence electrons. The first-order valence-corrected chi connectivity index (χ1v) is 10.6. The van der Waals surface area contributed by atoms with Crippen LogP contribution in [-0.4, -0.2) is 30.3 Å². The van der Waals surface area contributed by atoms with E-state index in [4.69, 9.17) is 11.6 Å². The van der Waals surface area contributed by atoms with E-state index in [0.717, 1.165) is 25.0 Å². The zero-order chi connectivity index (χ0) is 18.7. The number of aromatic nitrogens is 1. The second-order valence-electron chi connectivity index (χ2n) is 6.68. The minimum absolute atomic E-state index is 0.134. The van der Waals surface area contributed by atoms with E-state index >= 15 is 0 Å². The molecule has 7 heteroatoms. The summed E-state index contributed by atoms with van der Waals surface area (Å²) in [6.45, 7) is 2.31. The molecule has 4 nitrogen and oxygen atoms in total. The normalized spacial score (nSPS) is 18.8. The van der Waals surface area contributed by atoms with E-state index < -0.39 is 10.0 Å². The lowest BCUT2D eigenvalue weighted by Crippen LogP contribution is -2.43. The monoisotopic (exact) mass is 396 g/mol. The van der Waals surface area contributed by atoms with E-state index in [1.165, 1.54) is 12.3 Å². The summed E-state index contributed by atoms with van der Waals surface area (Å²) >= 11 is 5.79. The Kier molecular flexibility index (Phi) is 5.95. The quantitative estimate of drug-likeness (QED) is 0.754. The second kappa shape index (κ2) is 8.03. The summed E-state index contributed by atoms with van der Waals surface area (Å²) in [4.78, 5) is 4.33. The van der Waals surface area contributed by atoms with Gasteiger partial charge in [0, 0.05) is 29.5 Å². The van der Waals surface area contributed by atoms with Gasteiger partial charge >= 0.3 is 0 Å². The molecule has 2 aromatic rings. The summed E-state index contributed by atoms with van der Waals surface area (Å²) in [5.74, 6) is -0.342. The molecule has 0 aliphatic carbocycles. The standard InChI is InChI=1S/C19H22ClFN2O2S/c1-14-5-10-18(13-22-14)26(24,25)23-11-3-2-4-17(23)9-7-15-6-8-16(20)12-19(15)21/h5-6,8,10,12-13,17H,2-4,7,9,11H2,1H3. The van der Waals surface area contributed by atoms with Crippen molar-refractivity contribution in [1.82, 2.24) is 9.29 Å². The lowest BCUT2D eigenvalue weighted by atomic mass is 9.98. The fourth-order valence-electron chi connectivity index (χ4n) is 3.37. The summed E-state index contributed by atoms with van der Waals surface area (Å²) < 4.78 is 41.6.